The van der Waals surface area contributed by atoms with Gasteiger partial charge in [0.05, 0.1) is 12.2 Å². The zero-order chi connectivity index (χ0) is 17.6. The number of amides is 2. The SMILES string of the molecule is C[C@H](Cc1ccco1)NC(=O)[C@@H]1CCCN(C(=O)c2ccccc2)C1. The van der Waals surface area contributed by atoms with E-state index in [2.05, 4.69) is 5.32 Å². The third-order valence-electron chi connectivity index (χ3n) is 4.58. The average molecular weight is 340 g/mol. The number of furan rings is 1. The van der Waals surface area contributed by atoms with Crippen molar-refractivity contribution in [2.45, 2.75) is 32.2 Å². The number of rotatable bonds is 5. The number of hydrogen-bond acceptors (Lipinski definition) is 3. The molecule has 2 aromatic rings. The average Bonchev–Trinajstić information content (AvgIpc) is 3.14. The molecule has 25 heavy (non-hydrogen) atoms. The van der Waals surface area contributed by atoms with Crippen molar-refractivity contribution >= 4 is 11.8 Å². The van der Waals surface area contributed by atoms with Gasteiger partial charge in [-0.1, -0.05) is 18.2 Å². The number of piperidine rings is 1. The van der Waals surface area contributed by atoms with Gasteiger partial charge in [0.2, 0.25) is 5.91 Å². The number of nitrogens with zero attached hydrogens (tertiary/aromatic N) is 1. The van der Waals surface area contributed by atoms with Crippen LogP contribution in [0.25, 0.3) is 0 Å². The van der Waals surface area contributed by atoms with Crippen molar-refractivity contribution in [3.05, 3.63) is 60.1 Å². The molecule has 132 valence electrons. The Balaban J connectivity index is 1.55. The molecule has 3 rings (SSSR count). The smallest absolute Gasteiger partial charge is 0.253 e. The van der Waals surface area contributed by atoms with Crippen LogP contribution in [0.15, 0.2) is 53.1 Å². The highest BCUT2D eigenvalue weighted by molar-refractivity contribution is 5.94. The molecule has 1 fully saturated rings. The number of hydrogen-bond donors (Lipinski definition) is 1. The van der Waals surface area contributed by atoms with Crippen molar-refractivity contribution in [1.29, 1.82) is 0 Å². The van der Waals surface area contributed by atoms with Crippen molar-refractivity contribution in [3.63, 3.8) is 0 Å². The second-order valence-electron chi connectivity index (χ2n) is 6.65. The normalized spacial score (nSPS) is 18.6. The Labute approximate surface area is 148 Å². The summed E-state index contributed by atoms with van der Waals surface area (Å²) in [6, 6.07) is 13.0. The zero-order valence-corrected chi connectivity index (χ0v) is 14.5. The topological polar surface area (TPSA) is 62.6 Å². The van der Waals surface area contributed by atoms with E-state index in [0.717, 1.165) is 18.6 Å². The molecule has 1 N–H and O–H groups in total. The summed E-state index contributed by atoms with van der Waals surface area (Å²) in [6.07, 6.45) is 3.97. The molecule has 2 heterocycles. The minimum Gasteiger partial charge on any atom is -0.469 e. The van der Waals surface area contributed by atoms with Crippen LogP contribution in [0.4, 0.5) is 0 Å². The van der Waals surface area contributed by atoms with Crippen LogP contribution in [0.5, 0.6) is 0 Å². The molecule has 1 saturated heterocycles. The molecule has 2 atom stereocenters. The molecule has 1 aliphatic rings. The van der Waals surface area contributed by atoms with Crippen LogP contribution in [0.2, 0.25) is 0 Å². The number of carbonyl (C=O) groups is 2. The summed E-state index contributed by atoms with van der Waals surface area (Å²) in [4.78, 5) is 26.9. The van der Waals surface area contributed by atoms with Crippen molar-refractivity contribution in [2.75, 3.05) is 13.1 Å². The second kappa shape index (κ2) is 8.01. The zero-order valence-electron chi connectivity index (χ0n) is 14.5. The predicted octanol–water partition coefficient (Wildman–Crippen LogP) is 2.88. The molecule has 5 nitrogen and oxygen atoms in total. The van der Waals surface area contributed by atoms with E-state index in [0.29, 0.717) is 25.1 Å². The summed E-state index contributed by atoms with van der Waals surface area (Å²) in [6.45, 7) is 3.16. The summed E-state index contributed by atoms with van der Waals surface area (Å²) >= 11 is 0. The van der Waals surface area contributed by atoms with E-state index < -0.39 is 0 Å². The number of likely N-dealkylation sites (tertiary alicyclic amines) is 1. The Hall–Kier alpha value is -2.56. The Morgan fingerprint density at radius 1 is 1.24 bits per heavy atom. The Morgan fingerprint density at radius 3 is 2.76 bits per heavy atom. The van der Waals surface area contributed by atoms with Crippen molar-refractivity contribution in [2.24, 2.45) is 5.92 Å². The maximum absolute atomic E-state index is 12.6. The lowest BCUT2D eigenvalue weighted by Crippen LogP contribution is -2.47. The van der Waals surface area contributed by atoms with Crippen LogP contribution < -0.4 is 5.32 Å². The Bertz CT molecular complexity index is 697. The van der Waals surface area contributed by atoms with E-state index in [9.17, 15) is 9.59 Å². The molecule has 5 heteroatoms. The molecule has 1 aromatic carbocycles. The molecular weight excluding hydrogens is 316 g/mol. The maximum Gasteiger partial charge on any atom is 0.253 e. The fourth-order valence-electron chi connectivity index (χ4n) is 3.28. The van der Waals surface area contributed by atoms with Crippen LogP contribution in [0.3, 0.4) is 0 Å². The van der Waals surface area contributed by atoms with E-state index in [4.69, 9.17) is 4.42 Å². The van der Waals surface area contributed by atoms with E-state index in [1.54, 1.807) is 11.2 Å². The van der Waals surface area contributed by atoms with Gasteiger partial charge < -0.3 is 14.6 Å². The largest absolute Gasteiger partial charge is 0.469 e. The molecule has 0 unspecified atom stereocenters. The third kappa shape index (κ3) is 4.50. The summed E-state index contributed by atoms with van der Waals surface area (Å²) in [5.41, 5.74) is 0.676. The quantitative estimate of drug-likeness (QED) is 0.910. The van der Waals surface area contributed by atoms with Crippen LogP contribution in [0, 0.1) is 5.92 Å². The fraction of sp³-hybridized carbons (Fsp3) is 0.400. The second-order valence-corrected chi connectivity index (χ2v) is 6.65. The minimum absolute atomic E-state index is 0.00106. The van der Waals surface area contributed by atoms with E-state index >= 15 is 0 Å². The molecule has 0 saturated carbocycles. The van der Waals surface area contributed by atoms with Crippen molar-refractivity contribution in [3.8, 4) is 0 Å². The van der Waals surface area contributed by atoms with E-state index in [1.807, 2.05) is 49.4 Å². The van der Waals surface area contributed by atoms with Crippen LogP contribution in [-0.4, -0.2) is 35.8 Å². The first-order valence-electron chi connectivity index (χ1n) is 8.80. The van der Waals surface area contributed by atoms with E-state index in [-0.39, 0.29) is 23.8 Å². The molecule has 1 aliphatic heterocycles. The summed E-state index contributed by atoms with van der Waals surface area (Å²) in [5.74, 6) is 0.726. The molecule has 1 aromatic heterocycles. The van der Waals surface area contributed by atoms with Crippen LogP contribution in [0.1, 0.15) is 35.9 Å². The lowest BCUT2D eigenvalue weighted by Gasteiger charge is -2.32. The number of carbonyl (C=O) groups excluding carboxylic acids is 2. The van der Waals surface area contributed by atoms with Crippen LogP contribution >= 0.6 is 0 Å². The van der Waals surface area contributed by atoms with Crippen molar-refractivity contribution in [1.82, 2.24) is 10.2 Å². The van der Waals surface area contributed by atoms with E-state index in [1.165, 1.54) is 0 Å². The highest BCUT2D eigenvalue weighted by Gasteiger charge is 2.29. The standard InChI is InChI=1S/C20H24N2O3/c1-15(13-18-10-6-12-25-18)21-19(23)17-9-5-11-22(14-17)20(24)16-7-3-2-4-8-16/h2-4,6-8,10,12,15,17H,5,9,11,13-14H2,1H3,(H,21,23)/t15-,17-/m1/s1. The molecular formula is C20H24N2O3. The van der Waals surface area contributed by atoms with Crippen LogP contribution in [-0.2, 0) is 11.2 Å². The highest BCUT2D eigenvalue weighted by Crippen LogP contribution is 2.19. The first-order valence-corrected chi connectivity index (χ1v) is 8.80. The number of nitrogens with one attached hydrogen (secondary N) is 1. The Kier molecular flexibility index (Phi) is 5.53. The van der Waals surface area contributed by atoms with Gasteiger partial charge in [0.15, 0.2) is 0 Å². The van der Waals surface area contributed by atoms with Gasteiger partial charge in [0.25, 0.3) is 5.91 Å². The fourth-order valence-corrected chi connectivity index (χ4v) is 3.28. The molecule has 2 amide bonds. The Morgan fingerprint density at radius 2 is 2.04 bits per heavy atom. The van der Waals surface area contributed by atoms with Gasteiger partial charge in [-0.2, -0.15) is 0 Å². The molecule has 0 spiro atoms. The van der Waals surface area contributed by atoms with Crippen molar-refractivity contribution < 1.29 is 14.0 Å². The van der Waals surface area contributed by atoms with Gasteiger partial charge in [-0.25, -0.2) is 0 Å². The summed E-state index contributed by atoms with van der Waals surface area (Å²) in [5, 5.41) is 3.05. The predicted molar refractivity (Wildman–Crippen MR) is 95.1 cm³/mol. The van der Waals surface area contributed by atoms with Gasteiger partial charge >= 0.3 is 0 Å². The summed E-state index contributed by atoms with van der Waals surface area (Å²) < 4.78 is 5.32. The minimum atomic E-state index is -0.152. The van der Waals surface area contributed by atoms with Gasteiger partial charge in [-0.3, -0.25) is 9.59 Å². The first-order chi connectivity index (χ1) is 12.1. The summed E-state index contributed by atoms with van der Waals surface area (Å²) in [7, 11) is 0. The molecule has 0 aliphatic carbocycles. The first kappa shape index (κ1) is 17.3. The molecule has 0 radical (unpaired) electrons. The number of benzene rings is 1. The molecule has 0 bridgehead atoms. The highest BCUT2D eigenvalue weighted by atomic mass is 16.3. The lowest BCUT2D eigenvalue weighted by atomic mass is 9.96. The van der Waals surface area contributed by atoms with Gasteiger partial charge in [0.1, 0.15) is 5.76 Å². The van der Waals surface area contributed by atoms with Gasteiger partial charge in [0, 0.05) is 31.1 Å². The monoisotopic (exact) mass is 340 g/mol. The van der Waals surface area contributed by atoms with Gasteiger partial charge in [-0.05, 0) is 44.0 Å². The third-order valence-corrected chi connectivity index (χ3v) is 4.58. The van der Waals surface area contributed by atoms with Gasteiger partial charge in [-0.15, -0.1) is 0 Å². The lowest BCUT2D eigenvalue weighted by molar-refractivity contribution is -0.126. The maximum atomic E-state index is 12.6.